The van der Waals surface area contributed by atoms with E-state index in [1.54, 1.807) is 0 Å². The maximum atomic E-state index is 9.05. The van der Waals surface area contributed by atoms with Gasteiger partial charge in [-0.1, -0.05) is 32.0 Å². The summed E-state index contributed by atoms with van der Waals surface area (Å²) in [6, 6.07) is 8.24. The van der Waals surface area contributed by atoms with Crippen LogP contribution in [0.25, 0.3) is 0 Å². The molecule has 3 nitrogen and oxygen atoms in total. The van der Waals surface area contributed by atoms with E-state index in [0.717, 1.165) is 12.2 Å². The molecule has 0 heterocycles. The lowest BCUT2D eigenvalue weighted by molar-refractivity contribution is 0.213. The number of para-hydroxylation sites is 1. The molecule has 0 bridgehead atoms. The van der Waals surface area contributed by atoms with Gasteiger partial charge in [0, 0.05) is 6.04 Å². The molecule has 1 atom stereocenters. The van der Waals surface area contributed by atoms with E-state index in [4.69, 9.17) is 9.84 Å². The van der Waals surface area contributed by atoms with Gasteiger partial charge in [-0.15, -0.1) is 0 Å². The zero-order chi connectivity index (χ0) is 12.7. The lowest BCUT2D eigenvalue weighted by atomic mass is 10.0. The molecular weight excluding hydrogens is 214 g/mol. The quantitative estimate of drug-likeness (QED) is 0.763. The number of aliphatic hydroxyl groups is 1. The van der Waals surface area contributed by atoms with Crippen LogP contribution in [0.1, 0.15) is 31.7 Å². The average Bonchev–Trinajstić information content (AvgIpc) is 2.35. The number of benzene rings is 1. The molecule has 0 aliphatic heterocycles. The lowest BCUT2D eigenvalue weighted by Gasteiger charge is -2.16. The first-order chi connectivity index (χ1) is 8.19. The van der Waals surface area contributed by atoms with Crippen molar-refractivity contribution in [1.82, 2.24) is 5.32 Å². The van der Waals surface area contributed by atoms with Crippen LogP contribution in [0.5, 0.6) is 5.75 Å². The number of rotatable bonds is 7. The van der Waals surface area contributed by atoms with Gasteiger partial charge in [0.15, 0.2) is 0 Å². The van der Waals surface area contributed by atoms with E-state index in [2.05, 4.69) is 25.2 Å². The van der Waals surface area contributed by atoms with Gasteiger partial charge in [0.25, 0.3) is 0 Å². The molecule has 0 spiro atoms. The van der Waals surface area contributed by atoms with Crippen LogP contribution in [0.2, 0.25) is 0 Å². The van der Waals surface area contributed by atoms with Gasteiger partial charge in [0.1, 0.15) is 5.75 Å². The zero-order valence-corrected chi connectivity index (χ0v) is 10.9. The molecule has 0 aromatic heterocycles. The van der Waals surface area contributed by atoms with Crippen LogP contribution in [-0.4, -0.2) is 31.4 Å². The third-order valence-electron chi connectivity index (χ3n) is 2.89. The summed E-state index contributed by atoms with van der Waals surface area (Å²) in [5.74, 6) is 1.42. The molecule has 1 aromatic carbocycles. The Kier molecular flexibility index (Phi) is 6.01. The van der Waals surface area contributed by atoms with Gasteiger partial charge in [-0.25, -0.2) is 0 Å². The Morgan fingerprint density at radius 3 is 2.59 bits per heavy atom. The molecule has 96 valence electrons. The van der Waals surface area contributed by atoms with E-state index in [0.29, 0.717) is 12.5 Å². The number of likely N-dealkylation sites (N-methyl/N-ethyl adjacent to an activating group) is 1. The maximum absolute atomic E-state index is 9.05. The van der Waals surface area contributed by atoms with E-state index >= 15 is 0 Å². The Morgan fingerprint density at radius 2 is 2.00 bits per heavy atom. The van der Waals surface area contributed by atoms with Crippen molar-refractivity contribution < 1.29 is 9.84 Å². The molecule has 3 heteroatoms. The molecule has 0 saturated heterocycles. The van der Waals surface area contributed by atoms with Crippen molar-refractivity contribution in [2.45, 2.75) is 32.2 Å². The number of ether oxygens (including phenoxy) is 1. The predicted molar refractivity (Wildman–Crippen MR) is 70.6 cm³/mol. The van der Waals surface area contributed by atoms with E-state index in [9.17, 15) is 0 Å². The van der Waals surface area contributed by atoms with Crippen LogP contribution in [-0.2, 0) is 0 Å². The Balaban J connectivity index is 2.51. The van der Waals surface area contributed by atoms with Gasteiger partial charge in [-0.2, -0.15) is 0 Å². The van der Waals surface area contributed by atoms with Gasteiger partial charge < -0.3 is 15.2 Å². The SMILES string of the molecule is CNC(CO)CCOc1ccccc1C(C)C. The first kappa shape index (κ1) is 14.0. The maximum Gasteiger partial charge on any atom is 0.122 e. The smallest absolute Gasteiger partial charge is 0.122 e. The zero-order valence-electron chi connectivity index (χ0n) is 10.9. The molecule has 1 aromatic rings. The van der Waals surface area contributed by atoms with Gasteiger partial charge in [0.2, 0.25) is 0 Å². The predicted octanol–water partition coefficient (Wildman–Crippen LogP) is 2.16. The van der Waals surface area contributed by atoms with E-state index in [1.807, 2.05) is 25.2 Å². The van der Waals surface area contributed by atoms with Crippen LogP contribution in [0.4, 0.5) is 0 Å². The molecule has 0 aliphatic rings. The number of aliphatic hydroxyl groups excluding tert-OH is 1. The summed E-state index contributed by atoms with van der Waals surface area (Å²) in [5.41, 5.74) is 1.23. The Morgan fingerprint density at radius 1 is 1.29 bits per heavy atom. The fraction of sp³-hybridized carbons (Fsp3) is 0.571. The van der Waals surface area contributed by atoms with Gasteiger partial charge in [-0.05, 0) is 31.0 Å². The van der Waals surface area contributed by atoms with E-state index < -0.39 is 0 Å². The second kappa shape index (κ2) is 7.30. The van der Waals surface area contributed by atoms with Crippen molar-refractivity contribution in [3.63, 3.8) is 0 Å². The monoisotopic (exact) mass is 237 g/mol. The first-order valence-electron chi connectivity index (χ1n) is 6.18. The average molecular weight is 237 g/mol. The summed E-state index contributed by atoms with van der Waals surface area (Å²) in [5, 5.41) is 12.1. The second-order valence-corrected chi connectivity index (χ2v) is 4.50. The summed E-state index contributed by atoms with van der Waals surface area (Å²) >= 11 is 0. The Hall–Kier alpha value is -1.06. The molecule has 0 fully saturated rings. The summed E-state index contributed by atoms with van der Waals surface area (Å²) in [4.78, 5) is 0. The highest BCUT2D eigenvalue weighted by Crippen LogP contribution is 2.25. The van der Waals surface area contributed by atoms with Crippen molar-refractivity contribution >= 4 is 0 Å². The normalized spacial score (nSPS) is 12.8. The topological polar surface area (TPSA) is 41.5 Å². The van der Waals surface area contributed by atoms with Crippen LogP contribution < -0.4 is 10.1 Å². The number of nitrogens with one attached hydrogen (secondary N) is 1. The highest BCUT2D eigenvalue weighted by Gasteiger charge is 2.08. The number of hydrogen-bond acceptors (Lipinski definition) is 3. The van der Waals surface area contributed by atoms with Gasteiger partial charge >= 0.3 is 0 Å². The fourth-order valence-electron chi connectivity index (χ4n) is 1.73. The summed E-state index contributed by atoms with van der Waals surface area (Å²) in [6.45, 7) is 5.08. The fourth-order valence-corrected chi connectivity index (χ4v) is 1.73. The van der Waals surface area contributed by atoms with Crippen LogP contribution in [0, 0.1) is 0 Å². The number of hydrogen-bond donors (Lipinski definition) is 2. The summed E-state index contributed by atoms with van der Waals surface area (Å²) in [6.07, 6.45) is 0.805. The van der Waals surface area contributed by atoms with Crippen molar-refractivity contribution in [2.75, 3.05) is 20.3 Å². The highest BCUT2D eigenvalue weighted by atomic mass is 16.5. The van der Waals surface area contributed by atoms with Crippen molar-refractivity contribution in [1.29, 1.82) is 0 Å². The van der Waals surface area contributed by atoms with Crippen molar-refractivity contribution in [3.05, 3.63) is 29.8 Å². The molecule has 17 heavy (non-hydrogen) atoms. The molecule has 1 rings (SSSR count). The third kappa shape index (κ3) is 4.36. The largest absolute Gasteiger partial charge is 0.493 e. The lowest BCUT2D eigenvalue weighted by Crippen LogP contribution is -2.30. The standard InChI is InChI=1S/C14H23NO2/c1-11(2)13-6-4-5-7-14(13)17-9-8-12(10-16)15-3/h4-7,11-12,15-16H,8-10H2,1-3H3. The van der Waals surface area contributed by atoms with Crippen LogP contribution in [0.15, 0.2) is 24.3 Å². The molecule has 2 N–H and O–H groups in total. The van der Waals surface area contributed by atoms with Crippen LogP contribution in [0.3, 0.4) is 0 Å². The Labute approximate surface area is 104 Å². The Bertz CT molecular complexity index is 322. The minimum atomic E-state index is 0.112. The minimum absolute atomic E-state index is 0.112. The minimum Gasteiger partial charge on any atom is -0.493 e. The summed E-state index contributed by atoms with van der Waals surface area (Å²) in [7, 11) is 1.85. The van der Waals surface area contributed by atoms with Crippen LogP contribution >= 0.6 is 0 Å². The molecule has 1 unspecified atom stereocenters. The third-order valence-corrected chi connectivity index (χ3v) is 2.89. The summed E-state index contributed by atoms with van der Waals surface area (Å²) < 4.78 is 5.78. The molecule has 0 saturated carbocycles. The van der Waals surface area contributed by atoms with E-state index in [-0.39, 0.29) is 12.6 Å². The van der Waals surface area contributed by atoms with Crippen molar-refractivity contribution in [3.8, 4) is 5.75 Å². The molecule has 0 aliphatic carbocycles. The van der Waals surface area contributed by atoms with Gasteiger partial charge in [-0.3, -0.25) is 0 Å². The second-order valence-electron chi connectivity index (χ2n) is 4.50. The first-order valence-corrected chi connectivity index (χ1v) is 6.18. The van der Waals surface area contributed by atoms with Crippen molar-refractivity contribution in [2.24, 2.45) is 0 Å². The molecular formula is C14H23NO2. The van der Waals surface area contributed by atoms with E-state index in [1.165, 1.54) is 5.56 Å². The van der Waals surface area contributed by atoms with Gasteiger partial charge in [0.05, 0.1) is 13.2 Å². The molecule has 0 radical (unpaired) electrons. The highest BCUT2D eigenvalue weighted by molar-refractivity contribution is 5.35. The molecule has 0 amide bonds.